The lowest BCUT2D eigenvalue weighted by Gasteiger charge is -2.12. The Kier molecular flexibility index (Phi) is 4.70. The highest BCUT2D eigenvalue weighted by Gasteiger charge is 2.16. The number of hydrogen-bond donors (Lipinski definition) is 1. The van der Waals surface area contributed by atoms with Gasteiger partial charge in [-0.25, -0.2) is 0 Å². The third-order valence-electron chi connectivity index (χ3n) is 2.86. The van der Waals surface area contributed by atoms with Gasteiger partial charge >= 0.3 is 0 Å². The molecule has 112 valence electrons. The molecule has 0 aliphatic carbocycles. The summed E-state index contributed by atoms with van der Waals surface area (Å²) in [4.78, 5) is 12.1. The lowest BCUT2D eigenvalue weighted by Crippen LogP contribution is -2.13. The third kappa shape index (κ3) is 3.28. The van der Waals surface area contributed by atoms with Crippen molar-refractivity contribution < 1.29 is 18.8 Å². The van der Waals surface area contributed by atoms with Crippen molar-refractivity contribution in [2.45, 2.75) is 13.3 Å². The van der Waals surface area contributed by atoms with Crippen LogP contribution < -0.4 is 14.8 Å². The Balaban J connectivity index is 2.27. The second kappa shape index (κ2) is 6.49. The van der Waals surface area contributed by atoms with E-state index in [1.54, 1.807) is 18.2 Å². The van der Waals surface area contributed by atoms with Crippen molar-refractivity contribution >= 4 is 23.2 Å². The number of methoxy groups -OCH3 is 2. The number of halogens is 1. The Hall–Kier alpha value is -2.21. The van der Waals surface area contributed by atoms with Crippen LogP contribution >= 0.6 is 11.6 Å². The minimum Gasteiger partial charge on any atom is -0.495 e. The number of nitrogens with zero attached hydrogens (tertiary/aromatic N) is 1. The average Bonchev–Trinajstić information content (AvgIpc) is 2.97. The van der Waals surface area contributed by atoms with Gasteiger partial charge in [-0.2, -0.15) is 0 Å². The summed E-state index contributed by atoms with van der Waals surface area (Å²) in [6, 6.07) is 4.74. The molecule has 0 unspecified atom stereocenters. The lowest BCUT2D eigenvalue weighted by molar-refractivity contribution is 0.101. The van der Waals surface area contributed by atoms with Crippen LogP contribution in [0.2, 0.25) is 5.02 Å². The van der Waals surface area contributed by atoms with Crippen LogP contribution in [0.15, 0.2) is 22.7 Å². The highest BCUT2D eigenvalue weighted by Crippen LogP contribution is 2.36. The van der Waals surface area contributed by atoms with E-state index < -0.39 is 5.91 Å². The maximum atomic E-state index is 12.1. The number of rotatable bonds is 5. The molecule has 7 heteroatoms. The summed E-state index contributed by atoms with van der Waals surface area (Å²) < 4.78 is 15.3. The molecule has 1 heterocycles. The Labute approximate surface area is 127 Å². The number of hydrogen-bond acceptors (Lipinski definition) is 5. The van der Waals surface area contributed by atoms with Gasteiger partial charge in [-0.3, -0.25) is 4.79 Å². The predicted octanol–water partition coefficient (Wildman–Crippen LogP) is 3.16. The first kappa shape index (κ1) is 15.2. The van der Waals surface area contributed by atoms with Crippen LogP contribution in [0.5, 0.6) is 11.5 Å². The number of ether oxygens (including phenoxy) is 2. The molecule has 0 aliphatic rings. The van der Waals surface area contributed by atoms with E-state index in [9.17, 15) is 4.79 Å². The number of benzene rings is 1. The zero-order chi connectivity index (χ0) is 15.4. The maximum Gasteiger partial charge on any atom is 0.277 e. The lowest BCUT2D eigenvalue weighted by atomic mass is 10.2. The Morgan fingerprint density at radius 1 is 1.29 bits per heavy atom. The summed E-state index contributed by atoms with van der Waals surface area (Å²) in [5, 5.41) is 6.80. The van der Waals surface area contributed by atoms with E-state index >= 15 is 0 Å². The summed E-state index contributed by atoms with van der Waals surface area (Å²) in [6.45, 7) is 1.91. The smallest absolute Gasteiger partial charge is 0.277 e. The van der Waals surface area contributed by atoms with E-state index in [1.807, 2.05) is 6.92 Å². The van der Waals surface area contributed by atoms with Gasteiger partial charge < -0.3 is 19.3 Å². The van der Waals surface area contributed by atoms with Crippen LogP contribution in [-0.4, -0.2) is 25.3 Å². The van der Waals surface area contributed by atoms with Gasteiger partial charge in [0.05, 0.1) is 24.9 Å². The molecule has 21 heavy (non-hydrogen) atoms. The first-order valence-corrected chi connectivity index (χ1v) is 6.65. The van der Waals surface area contributed by atoms with Crippen molar-refractivity contribution in [3.63, 3.8) is 0 Å². The van der Waals surface area contributed by atoms with Gasteiger partial charge in [-0.15, -0.1) is 0 Å². The van der Waals surface area contributed by atoms with Gasteiger partial charge in [0.25, 0.3) is 5.91 Å². The zero-order valence-corrected chi connectivity index (χ0v) is 12.7. The van der Waals surface area contributed by atoms with Gasteiger partial charge in [0.15, 0.2) is 5.69 Å². The van der Waals surface area contributed by atoms with E-state index in [0.29, 0.717) is 34.4 Å². The number of nitrogens with one attached hydrogen (secondary N) is 1. The van der Waals surface area contributed by atoms with E-state index in [2.05, 4.69) is 10.5 Å². The molecule has 1 aromatic carbocycles. The fourth-order valence-corrected chi connectivity index (χ4v) is 1.96. The van der Waals surface area contributed by atoms with Crippen LogP contribution in [0.3, 0.4) is 0 Å². The molecule has 2 aromatic rings. The van der Waals surface area contributed by atoms with Crippen LogP contribution in [-0.2, 0) is 6.42 Å². The number of carbonyl (C=O) groups is 1. The molecule has 0 bridgehead atoms. The highest BCUT2D eigenvalue weighted by atomic mass is 35.5. The van der Waals surface area contributed by atoms with Crippen LogP contribution in [0.4, 0.5) is 5.69 Å². The predicted molar refractivity (Wildman–Crippen MR) is 78.4 cm³/mol. The van der Waals surface area contributed by atoms with E-state index in [0.717, 1.165) is 0 Å². The molecule has 0 fully saturated rings. The van der Waals surface area contributed by atoms with Crippen molar-refractivity contribution in [3.8, 4) is 11.5 Å². The van der Waals surface area contributed by atoms with Crippen molar-refractivity contribution in [1.29, 1.82) is 0 Å². The van der Waals surface area contributed by atoms with Gasteiger partial charge in [-0.05, 0) is 0 Å². The number of carbonyl (C=O) groups excluding carboxylic acids is 1. The SMILES string of the molecule is CCc1cc(C(=O)Nc2cc(OC)c(Cl)cc2OC)no1. The second-order valence-corrected chi connectivity index (χ2v) is 4.58. The average molecular weight is 311 g/mol. The minimum atomic E-state index is -0.402. The van der Waals surface area contributed by atoms with Gasteiger partial charge in [0.1, 0.15) is 17.3 Å². The van der Waals surface area contributed by atoms with Crippen LogP contribution in [0, 0.1) is 0 Å². The molecular formula is C14H15ClN2O4. The largest absolute Gasteiger partial charge is 0.495 e. The summed E-state index contributed by atoms with van der Waals surface area (Å²) >= 11 is 6.01. The molecule has 2 rings (SSSR count). The molecule has 0 aliphatic heterocycles. The Morgan fingerprint density at radius 2 is 2.00 bits per heavy atom. The summed E-state index contributed by atoms with van der Waals surface area (Å²) in [6.07, 6.45) is 0.665. The quantitative estimate of drug-likeness (QED) is 0.918. The van der Waals surface area contributed by atoms with E-state index in [4.69, 9.17) is 25.6 Å². The maximum absolute atomic E-state index is 12.1. The zero-order valence-electron chi connectivity index (χ0n) is 11.9. The number of aryl methyl sites for hydroxylation is 1. The Morgan fingerprint density at radius 3 is 2.57 bits per heavy atom. The van der Waals surface area contributed by atoms with E-state index in [1.165, 1.54) is 14.2 Å². The van der Waals surface area contributed by atoms with Crippen LogP contribution in [0.25, 0.3) is 0 Å². The van der Waals surface area contributed by atoms with Crippen LogP contribution in [0.1, 0.15) is 23.2 Å². The molecule has 0 spiro atoms. The normalized spacial score (nSPS) is 10.3. The monoisotopic (exact) mass is 310 g/mol. The molecule has 1 aromatic heterocycles. The molecule has 1 amide bonds. The Bertz CT molecular complexity index is 654. The molecule has 0 saturated carbocycles. The standard InChI is InChI=1S/C14H15ClN2O4/c1-4-8-5-11(17-21-8)14(18)16-10-7-12(19-2)9(15)6-13(10)20-3/h5-7H,4H2,1-3H3,(H,16,18). The van der Waals surface area contributed by atoms with E-state index in [-0.39, 0.29) is 5.69 Å². The fourth-order valence-electron chi connectivity index (χ4n) is 1.73. The minimum absolute atomic E-state index is 0.197. The molecule has 0 saturated heterocycles. The van der Waals surface area contributed by atoms with Crippen molar-refractivity contribution in [2.75, 3.05) is 19.5 Å². The summed E-state index contributed by atoms with van der Waals surface area (Å²) in [5.74, 6) is 1.09. The molecule has 0 atom stereocenters. The summed E-state index contributed by atoms with van der Waals surface area (Å²) in [7, 11) is 2.98. The van der Waals surface area contributed by atoms with Crippen molar-refractivity contribution in [1.82, 2.24) is 5.16 Å². The second-order valence-electron chi connectivity index (χ2n) is 4.17. The molecule has 6 nitrogen and oxygen atoms in total. The number of aromatic nitrogens is 1. The first-order valence-electron chi connectivity index (χ1n) is 6.27. The summed E-state index contributed by atoms with van der Waals surface area (Å²) in [5.41, 5.74) is 0.632. The fraction of sp³-hybridized carbons (Fsp3) is 0.286. The van der Waals surface area contributed by atoms with Gasteiger partial charge in [0, 0.05) is 24.6 Å². The molecular weight excluding hydrogens is 296 g/mol. The number of anilines is 1. The topological polar surface area (TPSA) is 73.6 Å². The van der Waals surface area contributed by atoms with Gasteiger partial charge in [-0.1, -0.05) is 23.7 Å². The molecule has 0 radical (unpaired) electrons. The van der Waals surface area contributed by atoms with Crippen molar-refractivity contribution in [2.24, 2.45) is 0 Å². The number of amides is 1. The van der Waals surface area contributed by atoms with Crippen molar-refractivity contribution in [3.05, 3.63) is 34.7 Å². The third-order valence-corrected chi connectivity index (χ3v) is 3.16. The van der Waals surface area contributed by atoms with Gasteiger partial charge in [0.2, 0.25) is 0 Å². The molecule has 1 N–H and O–H groups in total. The highest BCUT2D eigenvalue weighted by molar-refractivity contribution is 6.32. The first-order chi connectivity index (χ1) is 10.1.